The minimum absolute atomic E-state index is 0.145. The van der Waals surface area contributed by atoms with Crippen LogP contribution in [0.3, 0.4) is 0 Å². The first kappa shape index (κ1) is 13.5. The summed E-state index contributed by atoms with van der Waals surface area (Å²) in [6.07, 6.45) is 0. The van der Waals surface area contributed by atoms with E-state index >= 15 is 0 Å². The number of nitrogens with one attached hydrogen (secondary N) is 1. The van der Waals surface area contributed by atoms with Crippen LogP contribution in [0.15, 0.2) is 33.9 Å². The third-order valence-corrected chi connectivity index (χ3v) is 5.61. The summed E-state index contributed by atoms with van der Waals surface area (Å²) in [4.78, 5) is 0. The van der Waals surface area contributed by atoms with Gasteiger partial charge in [0.25, 0.3) is 10.0 Å². The van der Waals surface area contributed by atoms with Gasteiger partial charge < -0.3 is 5.73 Å². The summed E-state index contributed by atoms with van der Waals surface area (Å²) in [7, 11) is -3.64. The number of anilines is 2. The predicted octanol–water partition coefficient (Wildman–Crippen LogP) is 3.44. The molecule has 0 saturated carbocycles. The van der Waals surface area contributed by atoms with Crippen molar-refractivity contribution in [3.63, 3.8) is 0 Å². The number of hydrogen-bond acceptors (Lipinski definition) is 4. The second-order valence-corrected chi connectivity index (χ2v) is 7.07. The molecule has 18 heavy (non-hydrogen) atoms. The molecule has 0 saturated heterocycles. The Labute approximate surface area is 118 Å². The Hall–Kier alpha value is -0.950. The van der Waals surface area contributed by atoms with Gasteiger partial charge in [-0.15, -0.1) is 11.3 Å². The fourth-order valence-electron chi connectivity index (χ4n) is 1.24. The standard InChI is InChI=1S/C10H8Cl2N2O2S2/c11-8-2-1-7(4-9(8)12)14-18(15,16)10-3-6(13)5-17-10/h1-5,14H,13H2. The quantitative estimate of drug-likeness (QED) is 0.909. The molecule has 0 spiro atoms. The zero-order valence-corrected chi connectivity index (χ0v) is 12.0. The third-order valence-electron chi connectivity index (χ3n) is 2.03. The lowest BCUT2D eigenvalue weighted by Gasteiger charge is -2.06. The van der Waals surface area contributed by atoms with Gasteiger partial charge in [-0.2, -0.15) is 0 Å². The van der Waals surface area contributed by atoms with Crippen molar-refractivity contribution >= 4 is 55.9 Å². The molecule has 0 bridgehead atoms. The van der Waals surface area contributed by atoms with Gasteiger partial charge in [-0.25, -0.2) is 8.42 Å². The summed E-state index contributed by atoms with van der Waals surface area (Å²) in [6, 6.07) is 5.89. The molecule has 1 aromatic carbocycles. The Kier molecular flexibility index (Phi) is 3.72. The van der Waals surface area contributed by atoms with E-state index in [0.29, 0.717) is 16.4 Å². The Balaban J connectivity index is 2.30. The van der Waals surface area contributed by atoms with E-state index in [0.717, 1.165) is 11.3 Å². The molecular formula is C10H8Cl2N2O2S2. The fraction of sp³-hybridized carbons (Fsp3) is 0. The molecule has 0 atom stereocenters. The monoisotopic (exact) mass is 322 g/mol. The molecule has 0 aliphatic rings. The topological polar surface area (TPSA) is 72.2 Å². The first-order valence-electron chi connectivity index (χ1n) is 4.70. The van der Waals surface area contributed by atoms with Crippen LogP contribution in [-0.4, -0.2) is 8.42 Å². The van der Waals surface area contributed by atoms with Crippen LogP contribution in [0, 0.1) is 0 Å². The average molecular weight is 323 g/mol. The number of thiophene rings is 1. The maximum Gasteiger partial charge on any atom is 0.271 e. The normalized spacial score (nSPS) is 11.4. The Morgan fingerprint density at radius 1 is 1.17 bits per heavy atom. The molecule has 0 fully saturated rings. The number of rotatable bonds is 3. The van der Waals surface area contributed by atoms with Gasteiger partial charge >= 0.3 is 0 Å². The minimum Gasteiger partial charge on any atom is -0.398 e. The highest BCUT2D eigenvalue weighted by Crippen LogP contribution is 2.28. The van der Waals surface area contributed by atoms with Crippen molar-refractivity contribution in [1.29, 1.82) is 0 Å². The van der Waals surface area contributed by atoms with E-state index in [2.05, 4.69) is 4.72 Å². The number of hydrogen-bond donors (Lipinski definition) is 2. The van der Waals surface area contributed by atoms with E-state index in [4.69, 9.17) is 28.9 Å². The van der Waals surface area contributed by atoms with Crippen molar-refractivity contribution in [1.82, 2.24) is 0 Å². The summed E-state index contributed by atoms with van der Waals surface area (Å²) in [5.74, 6) is 0. The summed E-state index contributed by atoms with van der Waals surface area (Å²) in [5.41, 5.74) is 6.25. The Morgan fingerprint density at radius 2 is 1.89 bits per heavy atom. The van der Waals surface area contributed by atoms with Crippen LogP contribution in [0.1, 0.15) is 0 Å². The van der Waals surface area contributed by atoms with Gasteiger partial charge in [-0.05, 0) is 24.3 Å². The highest BCUT2D eigenvalue weighted by Gasteiger charge is 2.16. The van der Waals surface area contributed by atoms with E-state index < -0.39 is 10.0 Å². The second kappa shape index (κ2) is 4.97. The molecule has 1 heterocycles. The zero-order valence-electron chi connectivity index (χ0n) is 8.85. The molecule has 2 rings (SSSR count). The van der Waals surface area contributed by atoms with E-state index in [1.54, 1.807) is 5.38 Å². The average Bonchev–Trinajstić information content (AvgIpc) is 2.71. The van der Waals surface area contributed by atoms with Gasteiger partial charge in [-0.3, -0.25) is 4.72 Å². The van der Waals surface area contributed by atoms with Crippen molar-refractivity contribution in [2.45, 2.75) is 4.21 Å². The summed E-state index contributed by atoms with van der Waals surface area (Å²) in [6.45, 7) is 0. The Morgan fingerprint density at radius 3 is 2.44 bits per heavy atom. The highest BCUT2D eigenvalue weighted by molar-refractivity contribution is 7.94. The number of nitrogen functional groups attached to an aromatic ring is 1. The molecule has 3 N–H and O–H groups in total. The van der Waals surface area contributed by atoms with E-state index in [1.807, 2.05) is 0 Å². The van der Waals surface area contributed by atoms with Crippen LogP contribution in [0.5, 0.6) is 0 Å². The minimum atomic E-state index is -3.64. The maximum atomic E-state index is 12.0. The van der Waals surface area contributed by atoms with E-state index in [9.17, 15) is 8.42 Å². The largest absolute Gasteiger partial charge is 0.398 e. The van der Waals surface area contributed by atoms with Crippen molar-refractivity contribution in [3.05, 3.63) is 39.7 Å². The lowest BCUT2D eigenvalue weighted by atomic mass is 10.3. The van der Waals surface area contributed by atoms with Crippen LogP contribution in [0.2, 0.25) is 10.0 Å². The van der Waals surface area contributed by atoms with Crippen molar-refractivity contribution in [3.8, 4) is 0 Å². The number of nitrogens with two attached hydrogens (primary N) is 1. The lowest BCUT2D eigenvalue weighted by molar-refractivity contribution is 0.603. The van der Waals surface area contributed by atoms with Gasteiger partial charge in [-0.1, -0.05) is 23.2 Å². The van der Waals surface area contributed by atoms with E-state index in [-0.39, 0.29) is 9.23 Å². The molecule has 8 heteroatoms. The molecule has 0 unspecified atom stereocenters. The van der Waals surface area contributed by atoms with Crippen LogP contribution in [0.25, 0.3) is 0 Å². The van der Waals surface area contributed by atoms with Gasteiger partial charge in [0.1, 0.15) is 4.21 Å². The molecular weight excluding hydrogens is 315 g/mol. The smallest absolute Gasteiger partial charge is 0.271 e. The van der Waals surface area contributed by atoms with Crippen molar-refractivity contribution < 1.29 is 8.42 Å². The van der Waals surface area contributed by atoms with Gasteiger partial charge in [0.05, 0.1) is 15.7 Å². The Bertz CT molecular complexity index is 683. The van der Waals surface area contributed by atoms with Crippen LogP contribution < -0.4 is 10.5 Å². The van der Waals surface area contributed by atoms with Crippen LogP contribution in [0.4, 0.5) is 11.4 Å². The third kappa shape index (κ3) is 2.89. The summed E-state index contributed by atoms with van der Waals surface area (Å²) < 4.78 is 26.5. The number of sulfonamides is 1. The first-order chi connectivity index (χ1) is 8.38. The SMILES string of the molecule is Nc1csc(S(=O)(=O)Nc2ccc(Cl)c(Cl)c2)c1. The molecule has 0 aliphatic carbocycles. The van der Waals surface area contributed by atoms with Gasteiger partial charge in [0.2, 0.25) is 0 Å². The second-order valence-electron chi connectivity index (χ2n) is 3.43. The molecule has 4 nitrogen and oxygen atoms in total. The van der Waals surface area contributed by atoms with Gasteiger partial charge in [0, 0.05) is 11.1 Å². The number of halogens is 2. The highest BCUT2D eigenvalue weighted by atomic mass is 35.5. The molecule has 0 aliphatic heterocycles. The molecule has 96 valence electrons. The number of benzene rings is 1. The van der Waals surface area contributed by atoms with Crippen molar-refractivity contribution in [2.24, 2.45) is 0 Å². The van der Waals surface area contributed by atoms with Crippen molar-refractivity contribution in [2.75, 3.05) is 10.5 Å². The maximum absolute atomic E-state index is 12.0. The van der Waals surface area contributed by atoms with Crippen LogP contribution >= 0.6 is 34.5 Å². The molecule has 1 aromatic heterocycles. The lowest BCUT2D eigenvalue weighted by Crippen LogP contribution is -2.11. The molecule has 2 aromatic rings. The van der Waals surface area contributed by atoms with E-state index in [1.165, 1.54) is 24.3 Å². The summed E-state index contributed by atoms with van der Waals surface area (Å²) in [5, 5.41) is 2.20. The first-order valence-corrected chi connectivity index (χ1v) is 7.82. The van der Waals surface area contributed by atoms with Gasteiger partial charge in [0.15, 0.2) is 0 Å². The molecule has 0 radical (unpaired) electrons. The zero-order chi connectivity index (χ0) is 13.3. The van der Waals surface area contributed by atoms with Crippen LogP contribution in [-0.2, 0) is 10.0 Å². The molecule has 0 amide bonds. The predicted molar refractivity (Wildman–Crippen MR) is 76.0 cm³/mol. The fourth-order valence-corrected chi connectivity index (χ4v) is 3.66. The summed E-state index contributed by atoms with van der Waals surface area (Å²) >= 11 is 12.6.